The smallest absolute Gasteiger partial charge is 0.408 e. The number of hydrogen-bond donors (Lipinski definition) is 3. The van der Waals surface area contributed by atoms with Crippen molar-refractivity contribution in [2.75, 3.05) is 12.4 Å². The van der Waals surface area contributed by atoms with Crippen LogP contribution >= 0.6 is 11.8 Å². The van der Waals surface area contributed by atoms with Gasteiger partial charge in [0.25, 0.3) is 10.1 Å². The van der Waals surface area contributed by atoms with Crippen molar-refractivity contribution in [2.24, 2.45) is 0 Å². The number of aryl methyl sites for hydroxylation is 1. The Morgan fingerprint density at radius 2 is 1.59 bits per heavy atom. The van der Waals surface area contributed by atoms with Gasteiger partial charge >= 0.3 is 6.09 Å². The molecule has 12 heteroatoms. The van der Waals surface area contributed by atoms with Crippen LogP contribution in [-0.2, 0) is 41.7 Å². The first kappa shape index (κ1) is 30.1. The van der Waals surface area contributed by atoms with Gasteiger partial charge in [-0.05, 0) is 30.2 Å². The lowest BCUT2D eigenvalue weighted by molar-refractivity contribution is -0.134. The molecule has 1 fully saturated rings. The summed E-state index contributed by atoms with van der Waals surface area (Å²) in [6, 6.07) is 22.8. The van der Waals surface area contributed by atoms with Gasteiger partial charge in [-0.2, -0.15) is 8.42 Å². The molecule has 1 aliphatic rings. The number of hydrogen-bond acceptors (Lipinski definition) is 8. The van der Waals surface area contributed by atoms with E-state index in [9.17, 15) is 22.8 Å². The summed E-state index contributed by atoms with van der Waals surface area (Å²) in [6.07, 6.45) is -0.579. The molecule has 0 aliphatic carbocycles. The molecule has 1 aliphatic heterocycles. The van der Waals surface area contributed by atoms with Crippen molar-refractivity contribution in [3.63, 3.8) is 0 Å². The van der Waals surface area contributed by atoms with Gasteiger partial charge in [-0.15, -0.1) is 11.8 Å². The predicted molar refractivity (Wildman–Crippen MR) is 154 cm³/mol. The summed E-state index contributed by atoms with van der Waals surface area (Å²) < 4.78 is 35.1. The lowest BCUT2D eigenvalue weighted by atomic mass is 10.0. The molecule has 41 heavy (non-hydrogen) atoms. The average Bonchev–Trinajstić information content (AvgIpc) is 2.97. The quantitative estimate of drug-likeness (QED) is 0.155. The molecule has 1 saturated heterocycles. The highest BCUT2D eigenvalue weighted by molar-refractivity contribution is 8.00. The van der Waals surface area contributed by atoms with Crippen molar-refractivity contribution >= 4 is 39.8 Å². The highest BCUT2D eigenvalue weighted by atomic mass is 32.2. The zero-order chi connectivity index (χ0) is 29.2. The molecule has 3 aromatic rings. The second-order valence-corrected chi connectivity index (χ2v) is 12.2. The standard InChI is InChI=1S/C29H31N3O7S2/c1-20-12-14-23(15-13-20)41(36,37)39-16-17-40-28-25(27(34)32-28)31-26(33)24(18-21-8-4-2-5-9-21)30-29(35)38-19-22-10-6-3-7-11-22/h2-15,24-25,28H,16-19H2,1H3,(H,30,35)(H,31,33)(H,32,34)/t24-,25+,28?/m0/s1. The fourth-order valence-electron chi connectivity index (χ4n) is 3.95. The van der Waals surface area contributed by atoms with E-state index in [1.807, 2.05) is 67.6 Å². The molecular weight excluding hydrogens is 566 g/mol. The van der Waals surface area contributed by atoms with Crippen molar-refractivity contribution in [2.45, 2.75) is 42.3 Å². The van der Waals surface area contributed by atoms with Gasteiger partial charge in [0, 0.05) is 12.2 Å². The average molecular weight is 598 g/mol. The number of amides is 3. The normalized spacial score (nSPS) is 17.0. The largest absolute Gasteiger partial charge is 0.445 e. The number of benzene rings is 3. The Labute approximate surface area is 243 Å². The van der Waals surface area contributed by atoms with Gasteiger partial charge in [0.2, 0.25) is 11.8 Å². The minimum atomic E-state index is -3.90. The van der Waals surface area contributed by atoms with Crippen LogP contribution in [0.1, 0.15) is 16.7 Å². The number of alkyl carbamates (subject to hydrolysis) is 1. The number of carbonyl (C=O) groups is 3. The molecule has 3 N–H and O–H groups in total. The SMILES string of the molecule is Cc1ccc(S(=O)(=O)OCCSC2NC(=O)[C@H]2NC(=O)[C@H](Cc2ccccc2)NC(=O)OCc2ccccc2)cc1. The van der Waals surface area contributed by atoms with Gasteiger partial charge in [0.1, 0.15) is 24.1 Å². The van der Waals surface area contributed by atoms with Crippen LogP contribution in [0.15, 0.2) is 89.8 Å². The molecule has 3 aromatic carbocycles. The van der Waals surface area contributed by atoms with E-state index in [0.717, 1.165) is 16.7 Å². The first-order valence-electron chi connectivity index (χ1n) is 12.9. The molecular formula is C29H31N3O7S2. The second kappa shape index (κ2) is 14.2. The van der Waals surface area contributed by atoms with Crippen LogP contribution in [0.4, 0.5) is 4.79 Å². The summed E-state index contributed by atoms with van der Waals surface area (Å²) in [5.41, 5.74) is 2.54. The van der Waals surface area contributed by atoms with E-state index in [4.69, 9.17) is 8.92 Å². The maximum absolute atomic E-state index is 13.2. The van der Waals surface area contributed by atoms with Crippen molar-refractivity contribution in [1.29, 1.82) is 0 Å². The van der Waals surface area contributed by atoms with Gasteiger partial charge in [-0.1, -0.05) is 78.4 Å². The molecule has 0 saturated carbocycles. The van der Waals surface area contributed by atoms with Gasteiger partial charge in [0.15, 0.2) is 0 Å². The third-order valence-electron chi connectivity index (χ3n) is 6.20. The van der Waals surface area contributed by atoms with E-state index in [2.05, 4.69) is 16.0 Å². The summed E-state index contributed by atoms with van der Waals surface area (Å²) in [4.78, 5) is 38.1. The van der Waals surface area contributed by atoms with Crippen LogP contribution in [0, 0.1) is 6.92 Å². The first-order chi connectivity index (χ1) is 19.7. The molecule has 216 valence electrons. The van der Waals surface area contributed by atoms with Crippen molar-refractivity contribution in [3.8, 4) is 0 Å². The van der Waals surface area contributed by atoms with Crippen molar-refractivity contribution in [3.05, 3.63) is 102 Å². The van der Waals surface area contributed by atoms with Crippen LogP contribution in [0.25, 0.3) is 0 Å². The molecule has 1 unspecified atom stereocenters. The van der Waals surface area contributed by atoms with Crippen LogP contribution < -0.4 is 16.0 Å². The fraction of sp³-hybridized carbons (Fsp3) is 0.276. The monoisotopic (exact) mass is 597 g/mol. The van der Waals surface area contributed by atoms with Gasteiger partial charge in [-0.25, -0.2) is 4.79 Å². The molecule has 4 rings (SSSR count). The summed E-state index contributed by atoms with van der Waals surface area (Å²) in [5.74, 6) is -0.678. The zero-order valence-electron chi connectivity index (χ0n) is 22.3. The van der Waals surface area contributed by atoms with Crippen LogP contribution in [0.2, 0.25) is 0 Å². The van der Waals surface area contributed by atoms with Gasteiger partial charge < -0.3 is 20.7 Å². The number of rotatable bonds is 13. The lowest BCUT2D eigenvalue weighted by Gasteiger charge is -2.37. The minimum absolute atomic E-state index is 0.0395. The first-order valence-corrected chi connectivity index (χ1v) is 15.4. The van der Waals surface area contributed by atoms with E-state index in [1.54, 1.807) is 12.1 Å². The lowest BCUT2D eigenvalue weighted by Crippen LogP contribution is -2.69. The van der Waals surface area contributed by atoms with Crippen LogP contribution in [0.3, 0.4) is 0 Å². The molecule has 1 heterocycles. The predicted octanol–water partition coefficient (Wildman–Crippen LogP) is 2.91. The third-order valence-corrected chi connectivity index (χ3v) is 8.68. The molecule has 10 nitrogen and oxygen atoms in total. The van der Waals surface area contributed by atoms with E-state index in [1.165, 1.54) is 23.9 Å². The Kier molecular flexibility index (Phi) is 10.4. The molecule has 0 bridgehead atoms. The Hall–Kier alpha value is -3.87. The zero-order valence-corrected chi connectivity index (χ0v) is 24.0. The third kappa shape index (κ3) is 8.81. The summed E-state index contributed by atoms with van der Waals surface area (Å²) in [5, 5.41) is 7.52. The number of thioether (sulfide) groups is 1. The minimum Gasteiger partial charge on any atom is -0.445 e. The fourth-order valence-corrected chi connectivity index (χ4v) is 5.98. The second-order valence-electron chi connectivity index (χ2n) is 9.32. The highest BCUT2D eigenvalue weighted by Crippen LogP contribution is 2.21. The van der Waals surface area contributed by atoms with Crippen molar-refractivity contribution < 1.29 is 31.7 Å². The maximum atomic E-state index is 13.2. The Morgan fingerprint density at radius 3 is 2.22 bits per heavy atom. The number of carbonyl (C=O) groups excluding carboxylic acids is 3. The number of nitrogens with one attached hydrogen (secondary N) is 3. The molecule has 3 amide bonds. The molecule has 0 radical (unpaired) electrons. The Balaban J connectivity index is 1.30. The Bertz CT molecular complexity index is 1440. The maximum Gasteiger partial charge on any atom is 0.408 e. The van der Waals surface area contributed by atoms with Crippen LogP contribution in [-0.4, -0.2) is 56.1 Å². The summed E-state index contributed by atoms with van der Waals surface area (Å²) >= 11 is 1.24. The molecule has 3 atom stereocenters. The number of ether oxygens (including phenoxy) is 1. The Morgan fingerprint density at radius 1 is 0.951 bits per heavy atom. The van der Waals surface area contributed by atoms with Gasteiger partial charge in [-0.3, -0.25) is 13.8 Å². The number of β-lactam (4-membered cyclic amide) rings is 1. The summed E-state index contributed by atoms with van der Waals surface area (Å²) in [7, 11) is -3.90. The van der Waals surface area contributed by atoms with Crippen molar-refractivity contribution in [1.82, 2.24) is 16.0 Å². The topological polar surface area (TPSA) is 140 Å². The van der Waals surface area contributed by atoms with E-state index < -0.39 is 39.6 Å². The van der Waals surface area contributed by atoms with Gasteiger partial charge in [0.05, 0.1) is 11.5 Å². The van der Waals surface area contributed by atoms with E-state index in [-0.39, 0.29) is 36.2 Å². The highest BCUT2D eigenvalue weighted by Gasteiger charge is 2.41. The van der Waals surface area contributed by atoms with E-state index in [0.29, 0.717) is 0 Å². The molecule has 0 spiro atoms. The summed E-state index contributed by atoms with van der Waals surface area (Å²) in [6.45, 7) is 1.78. The van der Waals surface area contributed by atoms with Crippen LogP contribution in [0.5, 0.6) is 0 Å². The molecule has 0 aromatic heterocycles. The van der Waals surface area contributed by atoms with E-state index >= 15 is 0 Å².